The zero-order chi connectivity index (χ0) is 12.4. The number of ether oxygens (including phenoxy) is 1. The quantitative estimate of drug-likeness (QED) is 0.721. The van der Waals surface area contributed by atoms with Crippen LogP contribution in [-0.2, 0) is 14.8 Å². The molecule has 0 aromatic heterocycles. The summed E-state index contributed by atoms with van der Waals surface area (Å²) >= 11 is 0. The van der Waals surface area contributed by atoms with Crippen molar-refractivity contribution < 1.29 is 26.3 Å². The van der Waals surface area contributed by atoms with Crippen LogP contribution in [0, 0.1) is 0 Å². The molecule has 1 aliphatic heterocycles. The lowest BCUT2D eigenvalue weighted by Crippen LogP contribution is -2.52. The average molecular weight is 262 g/mol. The van der Waals surface area contributed by atoms with Crippen molar-refractivity contribution >= 4 is 10.0 Å². The lowest BCUT2D eigenvalue weighted by atomic mass is 10.3. The first-order chi connectivity index (χ1) is 7.27. The number of nitrogens with one attached hydrogen (secondary N) is 1. The fourth-order valence-corrected chi connectivity index (χ4v) is 2.80. The van der Waals surface area contributed by atoms with Crippen LogP contribution in [0.3, 0.4) is 0 Å². The lowest BCUT2D eigenvalue weighted by Gasteiger charge is -2.21. The van der Waals surface area contributed by atoms with Crippen molar-refractivity contribution in [3.63, 3.8) is 0 Å². The van der Waals surface area contributed by atoms with Crippen molar-refractivity contribution in [2.24, 2.45) is 5.73 Å². The second kappa shape index (κ2) is 4.86. The molecule has 0 radical (unpaired) electrons. The third-order valence-corrected chi connectivity index (χ3v) is 4.13. The Morgan fingerprint density at radius 3 is 2.50 bits per heavy atom. The van der Waals surface area contributed by atoms with Crippen molar-refractivity contribution in [3.8, 4) is 0 Å². The average Bonchev–Trinajstić information content (AvgIpc) is 2.65. The van der Waals surface area contributed by atoms with Gasteiger partial charge in [-0.3, -0.25) is 0 Å². The Morgan fingerprint density at radius 2 is 2.12 bits per heavy atom. The normalized spacial score (nSPS) is 24.6. The molecule has 3 N–H and O–H groups in total. The van der Waals surface area contributed by atoms with Crippen LogP contribution in [0.15, 0.2) is 0 Å². The van der Waals surface area contributed by atoms with Crippen molar-refractivity contribution in [1.82, 2.24) is 4.72 Å². The number of nitrogens with two attached hydrogens (primary N) is 1. The maximum atomic E-state index is 12.3. The highest BCUT2D eigenvalue weighted by molar-refractivity contribution is 7.90. The predicted octanol–water partition coefficient (Wildman–Crippen LogP) is -0.416. The topological polar surface area (TPSA) is 81.4 Å². The standard InChI is InChI=1S/C7H13F3N2O3S/c8-7(9,10)6(3-11)12-16(13,14)5-1-2-15-4-5/h5-6,12H,1-4,11H2. The largest absolute Gasteiger partial charge is 0.406 e. The summed E-state index contributed by atoms with van der Waals surface area (Å²) in [4.78, 5) is 0. The first kappa shape index (κ1) is 13.7. The van der Waals surface area contributed by atoms with Gasteiger partial charge in [-0.05, 0) is 6.42 Å². The fraction of sp³-hybridized carbons (Fsp3) is 1.00. The summed E-state index contributed by atoms with van der Waals surface area (Å²) in [6.45, 7) is -0.661. The van der Waals surface area contributed by atoms with Crippen LogP contribution in [0.1, 0.15) is 6.42 Å². The SMILES string of the molecule is NCC(NS(=O)(=O)C1CCOC1)C(F)(F)F. The van der Waals surface area contributed by atoms with Crippen molar-refractivity contribution in [2.75, 3.05) is 19.8 Å². The summed E-state index contributed by atoms with van der Waals surface area (Å²) in [7, 11) is -4.03. The Bertz CT molecular complexity index is 324. The summed E-state index contributed by atoms with van der Waals surface area (Å²) in [5, 5.41) is -0.927. The lowest BCUT2D eigenvalue weighted by molar-refractivity contribution is -0.148. The van der Waals surface area contributed by atoms with Crippen LogP contribution in [0.4, 0.5) is 13.2 Å². The van der Waals surface area contributed by atoms with E-state index in [0.717, 1.165) is 0 Å². The minimum atomic E-state index is -4.68. The van der Waals surface area contributed by atoms with Crippen LogP contribution in [0.25, 0.3) is 0 Å². The zero-order valence-electron chi connectivity index (χ0n) is 8.33. The summed E-state index contributed by atoms with van der Waals surface area (Å²) in [5.41, 5.74) is 4.89. The molecule has 0 amide bonds. The summed E-state index contributed by atoms with van der Waals surface area (Å²) in [5.74, 6) is 0. The Labute approximate surface area is 91.2 Å². The van der Waals surface area contributed by atoms with Gasteiger partial charge >= 0.3 is 6.18 Å². The van der Waals surface area contributed by atoms with Crippen LogP contribution in [0.2, 0.25) is 0 Å². The van der Waals surface area contributed by atoms with E-state index in [1.807, 2.05) is 0 Å². The highest BCUT2D eigenvalue weighted by Gasteiger charge is 2.43. The van der Waals surface area contributed by atoms with Gasteiger partial charge < -0.3 is 10.5 Å². The van der Waals surface area contributed by atoms with Gasteiger partial charge in [0, 0.05) is 13.2 Å². The maximum Gasteiger partial charge on any atom is 0.406 e. The summed E-state index contributed by atoms with van der Waals surface area (Å²) in [6.07, 6.45) is -4.48. The van der Waals surface area contributed by atoms with E-state index in [9.17, 15) is 21.6 Å². The van der Waals surface area contributed by atoms with E-state index in [0.29, 0.717) is 0 Å². The molecule has 1 aliphatic rings. The molecule has 2 unspecified atom stereocenters. The molecule has 5 nitrogen and oxygen atoms in total. The van der Waals surface area contributed by atoms with Crippen LogP contribution in [-0.4, -0.2) is 45.6 Å². The molecule has 0 aliphatic carbocycles. The number of sulfonamides is 1. The van der Waals surface area contributed by atoms with Crippen molar-refractivity contribution in [1.29, 1.82) is 0 Å². The van der Waals surface area contributed by atoms with E-state index < -0.39 is 34.0 Å². The molecular formula is C7H13F3N2O3S. The van der Waals surface area contributed by atoms with Gasteiger partial charge in [0.2, 0.25) is 10.0 Å². The van der Waals surface area contributed by atoms with Gasteiger partial charge in [-0.2, -0.15) is 13.2 Å². The number of hydrogen-bond acceptors (Lipinski definition) is 4. The van der Waals surface area contributed by atoms with Crippen LogP contribution >= 0.6 is 0 Å². The highest BCUT2D eigenvalue weighted by atomic mass is 32.2. The third kappa shape index (κ3) is 3.30. The number of rotatable bonds is 4. The van der Waals surface area contributed by atoms with Gasteiger partial charge in [0.1, 0.15) is 11.3 Å². The Hall–Kier alpha value is -0.380. The maximum absolute atomic E-state index is 12.3. The van der Waals surface area contributed by atoms with Gasteiger partial charge in [0.25, 0.3) is 0 Å². The molecule has 2 atom stereocenters. The van der Waals surface area contributed by atoms with Gasteiger partial charge in [0.15, 0.2) is 0 Å². The molecule has 96 valence electrons. The van der Waals surface area contributed by atoms with E-state index in [4.69, 9.17) is 10.5 Å². The first-order valence-electron chi connectivity index (χ1n) is 4.63. The van der Waals surface area contributed by atoms with E-state index in [-0.39, 0.29) is 19.6 Å². The van der Waals surface area contributed by atoms with Crippen molar-refractivity contribution in [2.45, 2.75) is 23.9 Å². The molecule has 0 bridgehead atoms. The van der Waals surface area contributed by atoms with Crippen LogP contribution < -0.4 is 10.5 Å². The van der Waals surface area contributed by atoms with Crippen LogP contribution in [0.5, 0.6) is 0 Å². The van der Waals surface area contributed by atoms with Gasteiger partial charge in [-0.15, -0.1) is 0 Å². The smallest absolute Gasteiger partial charge is 0.380 e. The number of alkyl halides is 3. The monoisotopic (exact) mass is 262 g/mol. The molecule has 1 heterocycles. The van der Waals surface area contributed by atoms with Gasteiger partial charge in [0.05, 0.1) is 6.61 Å². The number of halogens is 3. The molecule has 0 aromatic carbocycles. The third-order valence-electron chi connectivity index (χ3n) is 2.26. The molecule has 0 saturated carbocycles. The Morgan fingerprint density at radius 1 is 1.50 bits per heavy atom. The van der Waals surface area contributed by atoms with E-state index in [2.05, 4.69) is 0 Å². The Balaban J connectivity index is 2.70. The summed E-state index contributed by atoms with van der Waals surface area (Å²) < 4.78 is 66.3. The number of hydrogen-bond donors (Lipinski definition) is 2. The highest BCUT2D eigenvalue weighted by Crippen LogP contribution is 2.21. The first-order valence-corrected chi connectivity index (χ1v) is 6.17. The van der Waals surface area contributed by atoms with E-state index in [1.165, 1.54) is 0 Å². The van der Waals surface area contributed by atoms with E-state index >= 15 is 0 Å². The second-order valence-electron chi connectivity index (χ2n) is 3.48. The molecule has 16 heavy (non-hydrogen) atoms. The molecular weight excluding hydrogens is 249 g/mol. The van der Waals surface area contributed by atoms with Gasteiger partial charge in [-0.25, -0.2) is 13.1 Å². The minimum absolute atomic E-state index is 0.0789. The second-order valence-corrected chi connectivity index (χ2v) is 5.47. The Kier molecular flexibility index (Phi) is 4.16. The molecule has 1 rings (SSSR count). The molecule has 0 spiro atoms. The van der Waals surface area contributed by atoms with E-state index in [1.54, 1.807) is 4.72 Å². The molecule has 9 heteroatoms. The molecule has 0 aromatic rings. The fourth-order valence-electron chi connectivity index (χ4n) is 1.30. The minimum Gasteiger partial charge on any atom is -0.380 e. The molecule has 1 fully saturated rings. The van der Waals surface area contributed by atoms with Crippen molar-refractivity contribution in [3.05, 3.63) is 0 Å². The molecule has 1 saturated heterocycles. The predicted molar refractivity (Wildman–Crippen MR) is 50.2 cm³/mol. The van der Waals surface area contributed by atoms with Gasteiger partial charge in [-0.1, -0.05) is 0 Å². The summed E-state index contributed by atoms with van der Waals surface area (Å²) in [6, 6.07) is -2.24. The zero-order valence-corrected chi connectivity index (χ0v) is 9.14.